The fourth-order valence-electron chi connectivity index (χ4n) is 9.88. The molecule has 7 rings (SSSR count). The number of carboxylic acids is 1. The van der Waals surface area contributed by atoms with E-state index >= 15 is 0 Å². The number of rotatable bonds is 17. The molecule has 1 N–H and O–H groups in total. The summed E-state index contributed by atoms with van der Waals surface area (Å²) in [6.45, 7) is 9.20. The number of hydrogen-bond acceptors (Lipinski definition) is 3. The highest BCUT2D eigenvalue weighted by molar-refractivity contribution is 5.96. The standard InChI is InChI=1S/C52H56N2O2/c1-5-9-29-51(30-10-6-2)46-19-15-13-17-42(46)44-27-25-40(34-48(44)51)54(39-23-21-37(22-24-39)33-38(36-53)50(55)56)41-26-28-45-43-18-14-16-20-47(43)52(31-11-7-3,32-12-8-4)49(45)35-41/h13-28,33-35H,5-12,29-32H2,1-4H3,(H,55,56)/b38-33+. The molecule has 4 nitrogen and oxygen atoms in total. The van der Waals surface area contributed by atoms with Crippen LogP contribution in [0.25, 0.3) is 28.3 Å². The Morgan fingerprint density at radius 2 is 0.964 bits per heavy atom. The van der Waals surface area contributed by atoms with Crippen molar-refractivity contribution in [3.8, 4) is 28.3 Å². The number of unbranched alkanes of at least 4 members (excludes halogenated alkanes) is 4. The van der Waals surface area contributed by atoms with Crippen LogP contribution in [0.4, 0.5) is 17.1 Å². The first kappa shape index (κ1) is 38.9. The molecule has 2 aliphatic carbocycles. The molecule has 5 aromatic rings. The van der Waals surface area contributed by atoms with Crippen molar-refractivity contribution in [3.63, 3.8) is 0 Å². The first-order chi connectivity index (χ1) is 27.3. The molecule has 5 aromatic carbocycles. The predicted octanol–water partition coefficient (Wildman–Crippen LogP) is 14.4. The van der Waals surface area contributed by atoms with Gasteiger partial charge >= 0.3 is 5.97 Å². The van der Waals surface area contributed by atoms with Gasteiger partial charge in [-0.2, -0.15) is 5.26 Å². The molecule has 0 radical (unpaired) electrons. The molecule has 0 aromatic heterocycles. The van der Waals surface area contributed by atoms with E-state index < -0.39 is 5.97 Å². The lowest BCUT2D eigenvalue weighted by molar-refractivity contribution is -0.132. The maximum Gasteiger partial charge on any atom is 0.346 e. The van der Waals surface area contributed by atoms with Gasteiger partial charge in [-0.15, -0.1) is 0 Å². The van der Waals surface area contributed by atoms with Crippen LogP contribution >= 0.6 is 0 Å². The van der Waals surface area contributed by atoms with Gasteiger partial charge in [-0.05, 0) is 118 Å². The van der Waals surface area contributed by atoms with Gasteiger partial charge in [-0.3, -0.25) is 0 Å². The highest BCUT2D eigenvalue weighted by Crippen LogP contribution is 2.57. The van der Waals surface area contributed by atoms with E-state index in [9.17, 15) is 15.2 Å². The summed E-state index contributed by atoms with van der Waals surface area (Å²) >= 11 is 0. The quantitative estimate of drug-likeness (QED) is 0.0761. The Morgan fingerprint density at radius 1 is 0.571 bits per heavy atom. The van der Waals surface area contributed by atoms with Crippen LogP contribution in [0.3, 0.4) is 0 Å². The van der Waals surface area contributed by atoms with Crippen molar-refractivity contribution in [2.45, 2.75) is 116 Å². The fourth-order valence-corrected chi connectivity index (χ4v) is 9.88. The molecule has 286 valence electrons. The smallest absolute Gasteiger partial charge is 0.346 e. The van der Waals surface area contributed by atoms with E-state index in [1.807, 2.05) is 18.2 Å². The normalized spacial score (nSPS) is 14.4. The Morgan fingerprint density at radius 3 is 1.36 bits per heavy atom. The van der Waals surface area contributed by atoms with Crippen LogP contribution in [-0.4, -0.2) is 11.1 Å². The van der Waals surface area contributed by atoms with Crippen LogP contribution in [-0.2, 0) is 15.6 Å². The Labute approximate surface area is 334 Å². The van der Waals surface area contributed by atoms with Gasteiger partial charge in [-0.25, -0.2) is 4.79 Å². The number of nitrogens with zero attached hydrogens (tertiary/aromatic N) is 2. The van der Waals surface area contributed by atoms with Gasteiger partial charge in [-0.1, -0.05) is 152 Å². The van der Waals surface area contributed by atoms with Crippen LogP contribution in [0.2, 0.25) is 0 Å². The Kier molecular flexibility index (Phi) is 11.6. The molecular formula is C52H56N2O2. The number of nitriles is 1. The molecule has 0 aliphatic heterocycles. The third-order valence-corrected chi connectivity index (χ3v) is 12.7. The number of anilines is 3. The van der Waals surface area contributed by atoms with Crippen LogP contribution in [0.5, 0.6) is 0 Å². The predicted molar refractivity (Wildman–Crippen MR) is 233 cm³/mol. The van der Waals surface area contributed by atoms with Crippen molar-refractivity contribution in [2.75, 3.05) is 4.90 Å². The van der Waals surface area contributed by atoms with E-state index in [-0.39, 0.29) is 16.4 Å². The van der Waals surface area contributed by atoms with Crippen LogP contribution < -0.4 is 4.90 Å². The number of benzene rings is 5. The molecule has 0 fully saturated rings. The summed E-state index contributed by atoms with van der Waals surface area (Å²) < 4.78 is 0. The Bertz CT molecular complexity index is 2140. The summed E-state index contributed by atoms with van der Waals surface area (Å²) in [5.74, 6) is -1.22. The molecule has 0 atom stereocenters. The van der Waals surface area contributed by atoms with Gasteiger partial charge in [0, 0.05) is 27.9 Å². The number of fused-ring (bicyclic) bond motifs is 6. The van der Waals surface area contributed by atoms with E-state index in [1.165, 1.54) is 76.3 Å². The maximum absolute atomic E-state index is 11.7. The monoisotopic (exact) mass is 740 g/mol. The van der Waals surface area contributed by atoms with Crippen molar-refractivity contribution < 1.29 is 9.90 Å². The first-order valence-corrected chi connectivity index (χ1v) is 21.1. The van der Waals surface area contributed by atoms with E-state index in [0.29, 0.717) is 5.56 Å². The third kappa shape index (κ3) is 6.87. The minimum absolute atomic E-state index is 0.0478. The summed E-state index contributed by atoms with van der Waals surface area (Å²) in [5, 5.41) is 19.0. The average molecular weight is 741 g/mol. The topological polar surface area (TPSA) is 64.3 Å². The SMILES string of the molecule is CCCCC1(CCCC)c2ccccc2-c2ccc(N(c3ccc(/C=C(\C#N)C(=O)O)cc3)c3ccc4c(c3)C(CCCC)(CCCC)c3ccccc3-4)cc21. The summed E-state index contributed by atoms with van der Waals surface area (Å²) in [5.41, 5.74) is 14.7. The van der Waals surface area contributed by atoms with Gasteiger partial charge in [0.2, 0.25) is 0 Å². The molecule has 0 heterocycles. The van der Waals surface area contributed by atoms with Crippen molar-refractivity contribution in [3.05, 3.63) is 143 Å². The zero-order valence-electron chi connectivity index (χ0n) is 33.7. The molecule has 0 saturated heterocycles. The second kappa shape index (κ2) is 16.8. The number of carbonyl (C=O) groups is 1. The van der Waals surface area contributed by atoms with Crippen molar-refractivity contribution in [1.29, 1.82) is 5.26 Å². The molecule has 2 aliphatic rings. The molecular weight excluding hydrogens is 685 g/mol. The molecule has 0 saturated carbocycles. The van der Waals surface area contributed by atoms with Gasteiger partial charge in [0.15, 0.2) is 0 Å². The lowest BCUT2D eigenvalue weighted by Gasteiger charge is -2.35. The maximum atomic E-state index is 11.7. The number of hydrogen-bond donors (Lipinski definition) is 1. The van der Waals surface area contributed by atoms with Crippen LogP contribution in [0.15, 0.2) is 115 Å². The lowest BCUT2D eigenvalue weighted by atomic mass is 9.70. The van der Waals surface area contributed by atoms with E-state index in [4.69, 9.17) is 0 Å². The summed E-state index contributed by atoms with van der Waals surface area (Å²) in [7, 11) is 0. The molecule has 4 heteroatoms. The van der Waals surface area contributed by atoms with Crippen molar-refractivity contribution in [1.82, 2.24) is 0 Å². The zero-order chi connectivity index (χ0) is 39.3. The van der Waals surface area contributed by atoms with Crippen LogP contribution in [0, 0.1) is 11.3 Å². The minimum atomic E-state index is -1.22. The second-order valence-electron chi connectivity index (χ2n) is 16.0. The van der Waals surface area contributed by atoms with E-state index in [2.05, 4.69) is 130 Å². The van der Waals surface area contributed by atoms with Crippen LogP contribution in [0.1, 0.15) is 133 Å². The molecule has 0 bridgehead atoms. The van der Waals surface area contributed by atoms with Gasteiger partial charge in [0.05, 0.1) is 0 Å². The molecule has 0 amide bonds. The Hall–Kier alpha value is -5.40. The molecule has 0 spiro atoms. The minimum Gasteiger partial charge on any atom is -0.477 e. The van der Waals surface area contributed by atoms with Gasteiger partial charge < -0.3 is 10.0 Å². The average Bonchev–Trinajstić information content (AvgIpc) is 3.66. The zero-order valence-corrected chi connectivity index (χ0v) is 33.7. The van der Waals surface area contributed by atoms with Gasteiger partial charge in [0.25, 0.3) is 0 Å². The largest absolute Gasteiger partial charge is 0.477 e. The summed E-state index contributed by atoms with van der Waals surface area (Å²) in [6.07, 6.45) is 15.2. The Balaban J connectivity index is 1.44. The van der Waals surface area contributed by atoms with E-state index in [1.54, 1.807) is 0 Å². The highest BCUT2D eigenvalue weighted by Gasteiger charge is 2.44. The lowest BCUT2D eigenvalue weighted by Crippen LogP contribution is -2.26. The van der Waals surface area contributed by atoms with Gasteiger partial charge in [0.1, 0.15) is 11.6 Å². The molecule has 0 unspecified atom stereocenters. The molecule has 56 heavy (non-hydrogen) atoms. The van der Waals surface area contributed by atoms with Crippen molar-refractivity contribution in [2.24, 2.45) is 0 Å². The second-order valence-corrected chi connectivity index (χ2v) is 16.0. The fraction of sp³-hybridized carbons (Fsp3) is 0.346. The summed E-state index contributed by atoms with van der Waals surface area (Å²) in [4.78, 5) is 14.1. The van der Waals surface area contributed by atoms with Crippen molar-refractivity contribution >= 4 is 29.1 Å². The summed E-state index contributed by atoms with van der Waals surface area (Å²) in [6, 6.07) is 42.2. The number of aliphatic carboxylic acids is 1. The van der Waals surface area contributed by atoms with E-state index in [0.717, 1.165) is 68.4 Å². The highest BCUT2D eigenvalue weighted by atomic mass is 16.4. The number of carboxylic acid groups (broad SMARTS) is 1. The third-order valence-electron chi connectivity index (χ3n) is 12.7. The first-order valence-electron chi connectivity index (χ1n) is 21.1.